The second-order valence-corrected chi connectivity index (χ2v) is 9.71. The summed E-state index contributed by atoms with van der Waals surface area (Å²) in [4.78, 5) is 12.7. The van der Waals surface area contributed by atoms with Gasteiger partial charge in [-0.1, -0.05) is 12.0 Å². The van der Waals surface area contributed by atoms with Gasteiger partial charge in [-0.05, 0) is 56.0 Å². The van der Waals surface area contributed by atoms with E-state index < -0.39 is 15.9 Å². The highest BCUT2D eigenvalue weighted by Crippen LogP contribution is 2.24. The van der Waals surface area contributed by atoms with E-state index in [-0.39, 0.29) is 22.4 Å². The zero-order chi connectivity index (χ0) is 22.2. The van der Waals surface area contributed by atoms with Crippen LogP contribution < -0.4 is 5.32 Å². The van der Waals surface area contributed by atoms with E-state index in [4.69, 9.17) is 4.42 Å². The molecule has 1 N–H and O–H groups in total. The highest BCUT2D eigenvalue weighted by Gasteiger charge is 2.28. The summed E-state index contributed by atoms with van der Waals surface area (Å²) in [5.41, 5.74) is 1.71. The van der Waals surface area contributed by atoms with Gasteiger partial charge in [0.15, 0.2) is 0 Å². The zero-order valence-electron chi connectivity index (χ0n) is 17.6. The van der Waals surface area contributed by atoms with E-state index in [0.29, 0.717) is 24.7 Å². The van der Waals surface area contributed by atoms with Crippen molar-refractivity contribution in [3.05, 3.63) is 41.6 Å². The van der Waals surface area contributed by atoms with Crippen molar-refractivity contribution in [1.82, 2.24) is 24.3 Å². The lowest BCUT2D eigenvalue weighted by atomic mass is 10.0. The number of benzene rings is 1. The molecule has 0 atom stereocenters. The number of sulfonamides is 1. The second-order valence-electron chi connectivity index (χ2n) is 7.77. The summed E-state index contributed by atoms with van der Waals surface area (Å²) in [7, 11) is -1.81. The normalized spacial score (nSPS) is 15.8. The van der Waals surface area contributed by atoms with Crippen LogP contribution in [0.4, 0.5) is 6.01 Å². The Kier molecular flexibility index (Phi) is 5.63. The molecule has 4 rings (SSSR count). The van der Waals surface area contributed by atoms with Crippen molar-refractivity contribution in [2.45, 2.75) is 31.6 Å². The number of hydrogen-bond acceptors (Lipinski definition) is 7. The molecule has 3 heterocycles. The van der Waals surface area contributed by atoms with Crippen LogP contribution in [0.1, 0.15) is 35.8 Å². The molecule has 1 saturated heterocycles. The summed E-state index contributed by atoms with van der Waals surface area (Å²) in [6, 6.07) is 7.56. The molecule has 164 valence electrons. The third-order valence-electron chi connectivity index (χ3n) is 5.36. The topological polar surface area (TPSA) is 123 Å². The van der Waals surface area contributed by atoms with Crippen LogP contribution in [0.5, 0.6) is 0 Å². The molecule has 11 heteroatoms. The molecule has 0 bridgehead atoms. The Morgan fingerprint density at radius 1 is 1.16 bits per heavy atom. The Labute approximate surface area is 180 Å². The maximum Gasteiger partial charge on any atom is 0.322 e. The number of carbonyl (C=O) groups excluding carboxylic acids is 1. The van der Waals surface area contributed by atoms with Crippen LogP contribution in [-0.2, 0) is 17.1 Å². The number of rotatable bonds is 5. The molecule has 3 aromatic rings. The predicted molar refractivity (Wildman–Crippen MR) is 113 cm³/mol. The number of aromatic nitrogens is 4. The molecular formula is C20H24N6O4S. The molecule has 0 unspecified atom stereocenters. The summed E-state index contributed by atoms with van der Waals surface area (Å²) >= 11 is 0. The van der Waals surface area contributed by atoms with Gasteiger partial charge in [-0.3, -0.25) is 14.8 Å². The lowest BCUT2D eigenvalue weighted by Crippen LogP contribution is -2.37. The number of carbonyl (C=O) groups is 1. The number of aryl methyl sites for hydroxylation is 2. The van der Waals surface area contributed by atoms with Gasteiger partial charge in [-0.2, -0.15) is 9.40 Å². The van der Waals surface area contributed by atoms with Crippen molar-refractivity contribution in [2.24, 2.45) is 13.0 Å². The minimum absolute atomic E-state index is 0.0574. The third-order valence-corrected chi connectivity index (χ3v) is 7.28. The first-order valence-corrected chi connectivity index (χ1v) is 11.4. The molecule has 10 nitrogen and oxygen atoms in total. The van der Waals surface area contributed by atoms with Crippen LogP contribution in [0.3, 0.4) is 0 Å². The Hall–Kier alpha value is -3.05. The summed E-state index contributed by atoms with van der Waals surface area (Å²) in [6.45, 7) is 5.00. The van der Waals surface area contributed by atoms with E-state index in [1.807, 2.05) is 6.92 Å². The molecule has 0 saturated carbocycles. The van der Waals surface area contributed by atoms with Gasteiger partial charge in [0.25, 0.3) is 11.8 Å². The van der Waals surface area contributed by atoms with Crippen LogP contribution in [0.2, 0.25) is 0 Å². The highest BCUT2D eigenvalue weighted by molar-refractivity contribution is 7.89. The fourth-order valence-electron chi connectivity index (χ4n) is 3.51. The van der Waals surface area contributed by atoms with Gasteiger partial charge >= 0.3 is 6.01 Å². The average Bonchev–Trinajstić information content (AvgIpc) is 3.33. The monoisotopic (exact) mass is 444 g/mol. The van der Waals surface area contributed by atoms with Crippen molar-refractivity contribution in [2.75, 3.05) is 18.4 Å². The summed E-state index contributed by atoms with van der Waals surface area (Å²) in [6.07, 6.45) is 1.70. The average molecular weight is 445 g/mol. The number of nitrogens with zero attached hydrogens (tertiary/aromatic N) is 5. The molecule has 1 aliphatic heterocycles. The van der Waals surface area contributed by atoms with Gasteiger partial charge in [-0.25, -0.2) is 8.42 Å². The number of hydrogen-bond donors (Lipinski definition) is 1. The third kappa shape index (κ3) is 4.37. The Morgan fingerprint density at radius 3 is 2.45 bits per heavy atom. The first-order valence-electron chi connectivity index (χ1n) is 10.00. The van der Waals surface area contributed by atoms with E-state index in [9.17, 15) is 13.2 Å². The van der Waals surface area contributed by atoms with Crippen LogP contribution in [-0.4, -0.2) is 51.7 Å². The fraction of sp³-hybridized carbons (Fsp3) is 0.400. The minimum Gasteiger partial charge on any atom is -0.401 e. The van der Waals surface area contributed by atoms with Crippen LogP contribution >= 0.6 is 0 Å². The standard InChI is InChI=1S/C20H24N6O4S/c1-13-8-10-26(11-9-13)31(28,29)16-6-4-15(5-7-16)18(27)21-20-23-22-19(30-20)17-12-14(2)24-25(17)3/h4-7,12-13H,8-11H2,1-3H3,(H,21,23,27). The van der Waals surface area contributed by atoms with Gasteiger partial charge in [-0.15, -0.1) is 5.10 Å². The Morgan fingerprint density at radius 2 is 1.84 bits per heavy atom. The molecule has 31 heavy (non-hydrogen) atoms. The molecule has 1 fully saturated rings. The van der Waals surface area contributed by atoms with E-state index in [1.54, 1.807) is 17.8 Å². The Balaban J connectivity index is 1.45. The van der Waals surface area contributed by atoms with E-state index >= 15 is 0 Å². The smallest absolute Gasteiger partial charge is 0.322 e. The lowest BCUT2D eigenvalue weighted by molar-refractivity contribution is 0.102. The summed E-state index contributed by atoms with van der Waals surface area (Å²) in [5, 5.41) is 14.5. The van der Waals surface area contributed by atoms with Crippen molar-refractivity contribution in [1.29, 1.82) is 0 Å². The lowest BCUT2D eigenvalue weighted by Gasteiger charge is -2.29. The van der Waals surface area contributed by atoms with Gasteiger partial charge in [0, 0.05) is 25.7 Å². The van der Waals surface area contributed by atoms with E-state index in [0.717, 1.165) is 18.5 Å². The zero-order valence-corrected chi connectivity index (χ0v) is 18.4. The molecule has 1 amide bonds. The summed E-state index contributed by atoms with van der Waals surface area (Å²) in [5.74, 6) is 0.285. The first kappa shape index (κ1) is 21.2. The second kappa shape index (κ2) is 8.23. The van der Waals surface area contributed by atoms with E-state index in [1.165, 1.54) is 28.6 Å². The SMILES string of the molecule is Cc1cc(-c2nnc(NC(=O)c3ccc(S(=O)(=O)N4CCC(C)CC4)cc3)o2)n(C)n1. The molecule has 2 aromatic heterocycles. The number of anilines is 1. The first-order chi connectivity index (χ1) is 14.7. The number of nitrogens with one attached hydrogen (secondary N) is 1. The number of amides is 1. The van der Waals surface area contributed by atoms with E-state index in [2.05, 4.69) is 27.5 Å². The molecule has 0 radical (unpaired) electrons. The van der Waals surface area contributed by atoms with Gasteiger partial charge < -0.3 is 4.42 Å². The molecule has 1 aliphatic rings. The maximum absolute atomic E-state index is 12.8. The van der Waals surface area contributed by atoms with Crippen LogP contribution in [0.15, 0.2) is 39.6 Å². The van der Waals surface area contributed by atoms with Crippen molar-refractivity contribution < 1.29 is 17.6 Å². The van der Waals surface area contributed by atoms with Crippen molar-refractivity contribution >= 4 is 21.9 Å². The van der Waals surface area contributed by atoms with Gasteiger partial charge in [0.05, 0.1) is 10.6 Å². The maximum atomic E-state index is 12.8. The largest absolute Gasteiger partial charge is 0.401 e. The van der Waals surface area contributed by atoms with Crippen LogP contribution in [0, 0.1) is 12.8 Å². The quantitative estimate of drug-likeness (QED) is 0.641. The molecule has 0 spiro atoms. The molecule has 1 aromatic carbocycles. The van der Waals surface area contributed by atoms with Crippen molar-refractivity contribution in [3.8, 4) is 11.6 Å². The molecule has 0 aliphatic carbocycles. The highest BCUT2D eigenvalue weighted by atomic mass is 32.2. The number of piperidine rings is 1. The van der Waals surface area contributed by atoms with Gasteiger partial charge in [0.1, 0.15) is 5.69 Å². The van der Waals surface area contributed by atoms with Crippen molar-refractivity contribution in [3.63, 3.8) is 0 Å². The molecular weight excluding hydrogens is 420 g/mol. The fourth-order valence-corrected chi connectivity index (χ4v) is 4.98. The predicted octanol–water partition coefficient (Wildman–Crippen LogP) is 2.45. The summed E-state index contributed by atoms with van der Waals surface area (Å²) < 4.78 is 34.2. The Bertz CT molecular complexity index is 1190. The van der Waals surface area contributed by atoms with Gasteiger partial charge in [0.2, 0.25) is 10.0 Å². The minimum atomic E-state index is -3.56. The van der Waals surface area contributed by atoms with Crippen LogP contribution in [0.25, 0.3) is 11.6 Å².